The molecule has 0 saturated heterocycles. The first-order valence-corrected chi connectivity index (χ1v) is 5.36. The first kappa shape index (κ1) is 13.7. The van der Waals surface area contributed by atoms with Gasteiger partial charge in [0.2, 0.25) is 11.7 Å². The molecule has 6 heteroatoms. The van der Waals surface area contributed by atoms with Crippen molar-refractivity contribution in [3.05, 3.63) is 17.3 Å². The minimum absolute atomic E-state index is 0.0736. The molecule has 0 fully saturated rings. The molecule has 0 spiro atoms. The number of esters is 1. The lowest BCUT2D eigenvalue weighted by Gasteiger charge is -1.97. The van der Waals surface area contributed by atoms with Gasteiger partial charge in [-0.3, -0.25) is 0 Å². The fraction of sp³-hybridized carbons (Fsp3) is 0.636. The second-order valence-electron chi connectivity index (χ2n) is 3.36. The fourth-order valence-electron chi connectivity index (χ4n) is 1.25. The molecular formula is C11H17NO5. The van der Waals surface area contributed by atoms with Gasteiger partial charge in [0.05, 0.1) is 13.7 Å². The predicted octanol–water partition coefficient (Wildman–Crippen LogP) is 1.53. The van der Waals surface area contributed by atoms with Crippen molar-refractivity contribution in [2.45, 2.75) is 26.6 Å². The van der Waals surface area contributed by atoms with Crippen LogP contribution in [0, 0.1) is 0 Å². The first-order chi connectivity index (χ1) is 8.22. The van der Waals surface area contributed by atoms with E-state index in [-0.39, 0.29) is 19.0 Å². The molecule has 0 saturated carbocycles. The van der Waals surface area contributed by atoms with E-state index in [9.17, 15) is 4.79 Å². The Morgan fingerprint density at radius 1 is 1.35 bits per heavy atom. The first-order valence-electron chi connectivity index (χ1n) is 5.36. The molecule has 0 radical (unpaired) electrons. The van der Waals surface area contributed by atoms with Crippen LogP contribution in [0.3, 0.4) is 0 Å². The molecule has 1 aromatic rings. The highest BCUT2D eigenvalue weighted by Gasteiger charge is 2.20. The average Bonchev–Trinajstić information content (AvgIpc) is 2.72. The molecule has 1 heterocycles. The Morgan fingerprint density at radius 3 is 2.71 bits per heavy atom. The summed E-state index contributed by atoms with van der Waals surface area (Å²) in [5.74, 6) is -0.137. The van der Waals surface area contributed by atoms with Crippen LogP contribution < -0.4 is 0 Å². The molecule has 0 atom stereocenters. The normalized spacial score (nSPS) is 10.5. The van der Waals surface area contributed by atoms with Crippen molar-refractivity contribution in [3.8, 4) is 0 Å². The SMILES string of the molecule is CCCOCc1nc(COC)c(C(=O)OC)o1. The van der Waals surface area contributed by atoms with Gasteiger partial charge in [0, 0.05) is 13.7 Å². The van der Waals surface area contributed by atoms with E-state index in [1.165, 1.54) is 14.2 Å². The predicted molar refractivity (Wildman–Crippen MR) is 58.5 cm³/mol. The Balaban J connectivity index is 2.76. The van der Waals surface area contributed by atoms with Crippen molar-refractivity contribution < 1.29 is 23.4 Å². The van der Waals surface area contributed by atoms with Crippen LogP contribution in [0.5, 0.6) is 0 Å². The minimum Gasteiger partial charge on any atom is -0.463 e. The van der Waals surface area contributed by atoms with Crippen LogP contribution in [0.25, 0.3) is 0 Å². The Labute approximate surface area is 99.9 Å². The fourth-order valence-corrected chi connectivity index (χ4v) is 1.25. The summed E-state index contributed by atoms with van der Waals surface area (Å²) in [6.07, 6.45) is 0.912. The summed E-state index contributed by atoms with van der Waals surface area (Å²) in [6, 6.07) is 0. The highest BCUT2D eigenvalue weighted by atomic mass is 16.5. The number of rotatable bonds is 7. The van der Waals surface area contributed by atoms with Gasteiger partial charge in [0.25, 0.3) is 0 Å². The van der Waals surface area contributed by atoms with Crippen molar-refractivity contribution >= 4 is 5.97 Å². The summed E-state index contributed by atoms with van der Waals surface area (Å²) < 4.78 is 20.1. The number of hydrogen-bond acceptors (Lipinski definition) is 6. The van der Waals surface area contributed by atoms with Crippen LogP contribution in [0.15, 0.2) is 4.42 Å². The number of carbonyl (C=O) groups excluding carboxylic acids is 1. The van der Waals surface area contributed by atoms with E-state index in [0.29, 0.717) is 18.2 Å². The molecule has 0 aliphatic heterocycles. The van der Waals surface area contributed by atoms with E-state index in [2.05, 4.69) is 9.72 Å². The molecule has 96 valence electrons. The standard InChI is InChI=1S/C11H17NO5/c1-4-5-16-7-9-12-8(6-14-2)10(17-9)11(13)15-3/h4-7H2,1-3H3. The van der Waals surface area contributed by atoms with Gasteiger partial charge in [-0.2, -0.15) is 0 Å². The van der Waals surface area contributed by atoms with E-state index in [4.69, 9.17) is 13.9 Å². The molecule has 1 aromatic heterocycles. The van der Waals surface area contributed by atoms with Crippen LogP contribution in [0.1, 0.15) is 35.5 Å². The third-order valence-electron chi connectivity index (χ3n) is 1.97. The lowest BCUT2D eigenvalue weighted by atomic mass is 10.3. The van der Waals surface area contributed by atoms with E-state index in [1.54, 1.807) is 0 Å². The van der Waals surface area contributed by atoms with Crippen LogP contribution >= 0.6 is 0 Å². The molecule has 0 unspecified atom stereocenters. The molecule has 6 nitrogen and oxygen atoms in total. The number of aromatic nitrogens is 1. The zero-order chi connectivity index (χ0) is 12.7. The minimum atomic E-state index is -0.564. The lowest BCUT2D eigenvalue weighted by molar-refractivity contribution is 0.0546. The molecule has 0 aromatic carbocycles. The number of methoxy groups -OCH3 is 2. The summed E-state index contributed by atoms with van der Waals surface area (Å²) in [4.78, 5) is 15.5. The van der Waals surface area contributed by atoms with Crippen molar-refractivity contribution in [3.63, 3.8) is 0 Å². The van der Waals surface area contributed by atoms with Gasteiger partial charge in [-0.25, -0.2) is 9.78 Å². The van der Waals surface area contributed by atoms with Crippen molar-refractivity contribution in [1.29, 1.82) is 0 Å². The van der Waals surface area contributed by atoms with Gasteiger partial charge in [-0.05, 0) is 6.42 Å². The zero-order valence-corrected chi connectivity index (χ0v) is 10.3. The van der Waals surface area contributed by atoms with Crippen LogP contribution in [0.2, 0.25) is 0 Å². The van der Waals surface area contributed by atoms with Gasteiger partial charge < -0.3 is 18.6 Å². The highest BCUT2D eigenvalue weighted by Crippen LogP contribution is 2.14. The highest BCUT2D eigenvalue weighted by molar-refractivity contribution is 5.87. The molecule has 0 aliphatic rings. The number of ether oxygens (including phenoxy) is 3. The lowest BCUT2D eigenvalue weighted by Crippen LogP contribution is -2.04. The monoisotopic (exact) mass is 243 g/mol. The van der Waals surface area contributed by atoms with E-state index >= 15 is 0 Å². The van der Waals surface area contributed by atoms with Gasteiger partial charge in [-0.15, -0.1) is 0 Å². The summed E-state index contributed by atoms with van der Waals surface area (Å²) in [5, 5.41) is 0. The number of oxazole rings is 1. The second kappa shape index (κ2) is 7.03. The van der Waals surface area contributed by atoms with Crippen LogP contribution in [-0.4, -0.2) is 31.8 Å². The number of carbonyl (C=O) groups is 1. The summed E-state index contributed by atoms with van der Waals surface area (Å²) in [7, 11) is 2.80. The number of nitrogens with zero attached hydrogens (tertiary/aromatic N) is 1. The topological polar surface area (TPSA) is 70.8 Å². The summed E-state index contributed by atoms with van der Waals surface area (Å²) in [5.41, 5.74) is 0.425. The van der Waals surface area contributed by atoms with Crippen molar-refractivity contribution in [1.82, 2.24) is 4.98 Å². The van der Waals surface area contributed by atoms with Crippen LogP contribution in [-0.2, 0) is 27.4 Å². The van der Waals surface area contributed by atoms with Crippen molar-refractivity contribution in [2.24, 2.45) is 0 Å². The molecule has 0 amide bonds. The van der Waals surface area contributed by atoms with Gasteiger partial charge in [-0.1, -0.05) is 6.92 Å². The number of hydrogen-bond donors (Lipinski definition) is 0. The van der Waals surface area contributed by atoms with Gasteiger partial charge >= 0.3 is 5.97 Å². The molecule has 0 N–H and O–H groups in total. The molecule has 1 rings (SSSR count). The van der Waals surface area contributed by atoms with Crippen LogP contribution in [0.4, 0.5) is 0 Å². The average molecular weight is 243 g/mol. The van der Waals surface area contributed by atoms with E-state index in [1.807, 2.05) is 6.92 Å². The Bertz CT molecular complexity index is 361. The summed E-state index contributed by atoms with van der Waals surface area (Å²) >= 11 is 0. The maximum Gasteiger partial charge on any atom is 0.376 e. The summed E-state index contributed by atoms with van der Waals surface area (Å²) in [6.45, 7) is 3.06. The van der Waals surface area contributed by atoms with E-state index < -0.39 is 5.97 Å². The smallest absolute Gasteiger partial charge is 0.376 e. The largest absolute Gasteiger partial charge is 0.463 e. The van der Waals surface area contributed by atoms with E-state index in [0.717, 1.165) is 6.42 Å². The quantitative estimate of drug-likeness (QED) is 0.534. The zero-order valence-electron chi connectivity index (χ0n) is 10.3. The Kier molecular flexibility index (Phi) is 5.65. The molecule has 17 heavy (non-hydrogen) atoms. The third-order valence-corrected chi connectivity index (χ3v) is 1.97. The van der Waals surface area contributed by atoms with Gasteiger partial charge in [0.1, 0.15) is 12.3 Å². The maximum absolute atomic E-state index is 11.4. The van der Waals surface area contributed by atoms with Gasteiger partial charge in [0.15, 0.2) is 0 Å². The molecule has 0 bridgehead atoms. The third kappa shape index (κ3) is 3.83. The maximum atomic E-state index is 11.4. The molecule has 0 aliphatic carbocycles. The Hall–Kier alpha value is -1.40. The Morgan fingerprint density at radius 2 is 2.12 bits per heavy atom. The second-order valence-corrected chi connectivity index (χ2v) is 3.36. The molecular weight excluding hydrogens is 226 g/mol. The van der Waals surface area contributed by atoms with Crippen molar-refractivity contribution in [2.75, 3.05) is 20.8 Å².